The highest BCUT2D eigenvalue weighted by atomic mass is 16.3. The van der Waals surface area contributed by atoms with Crippen LogP contribution in [0.15, 0.2) is 24.5 Å². The highest BCUT2D eigenvalue weighted by molar-refractivity contribution is 5.58. The maximum Gasteiger partial charge on any atom is 0.162 e. The van der Waals surface area contributed by atoms with Gasteiger partial charge in [0.25, 0.3) is 0 Å². The van der Waals surface area contributed by atoms with Gasteiger partial charge in [-0.3, -0.25) is 4.57 Å². The number of imidazole rings is 1. The van der Waals surface area contributed by atoms with Gasteiger partial charge >= 0.3 is 0 Å². The molecule has 7 heteroatoms. The van der Waals surface area contributed by atoms with Crippen LogP contribution in [0.5, 0.6) is 0 Å². The molecule has 0 spiro atoms. The summed E-state index contributed by atoms with van der Waals surface area (Å²) in [7, 11) is 0. The second kappa shape index (κ2) is 4.51. The minimum absolute atomic E-state index is 0.188. The van der Waals surface area contributed by atoms with Gasteiger partial charge < -0.3 is 5.11 Å². The van der Waals surface area contributed by atoms with Gasteiger partial charge in [0.2, 0.25) is 0 Å². The number of aliphatic hydroxyl groups excluding tert-OH is 1. The summed E-state index contributed by atoms with van der Waals surface area (Å²) in [6, 6.07) is 8.11. The van der Waals surface area contributed by atoms with Crippen LogP contribution in [0.4, 0.5) is 0 Å². The van der Waals surface area contributed by atoms with Crippen molar-refractivity contribution in [3.05, 3.63) is 52.9 Å². The standard InChI is InChI=1S/C15H12N6O/c1-9-2-3-12-15(4-9)21-14(11(7-22)18-19-21)5-13-10(6-16)17-8-20(12)13/h2-4,8,22H,5,7H2,1H3. The number of aromatic nitrogens is 5. The molecule has 7 nitrogen and oxygen atoms in total. The predicted molar refractivity (Wildman–Crippen MR) is 76.7 cm³/mol. The molecule has 1 aromatic carbocycles. The summed E-state index contributed by atoms with van der Waals surface area (Å²) in [6.07, 6.45) is 2.10. The molecule has 1 N–H and O–H groups in total. The average Bonchev–Trinajstić information content (AvgIpc) is 3.09. The molecule has 3 heterocycles. The third-order valence-electron chi connectivity index (χ3n) is 3.92. The van der Waals surface area contributed by atoms with Crippen LogP contribution in [0.25, 0.3) is 11.4 Å². The number of hydrogen-bond donors (Lipinski definition) is 1. The maximum atomic E-state index is 9.50. The summed E-state index contributed by atoms with van der Waals surface area (Å²) in [4.78, 5) is 4.18. The Labute approximate surface area is 126 Å². The molecular formula is C15H12N6O. The Morgan fingerprint density at radius 2 is 2.18 bits per heavy atom. The normalized spacial score (nSPS) is 12.0. The van der Waals surface area contributed by atoms with E-state index in [0.717, 1.165) is 28.3 Å². The first kappa shape index (κ1) is 12.7. The van der Waals surface area contributed by atoms with Gasteiger partial charge in [0.1, 0.15) is 18.1 Å². The lowest BCUT2D eigenvalue weighted by atomic mass is 10.1. The van der Waals surface area contributed by atoms with Crippen molar-refractivity contribution in [1.82, 2.24) is 24.5 Å². The lowest BCUT2D eigenvalue weighted by molar-refractivity contribution is 0.275. The molecule has 3 aromatic rings. The van der Waals surface area contributed by atoms with Crippen LogP contribution < -0.4 is 0 Å². The molecule has 108 valence electrons. The molecule has 0 saturated heterocycles. The van der Waals surface area contributed by atoms with Crippen molar-refractivity contribution in [2.45, 2.75) is 20.0 Å². The van der Waals surface area contributed by atoms with Gasteiger partial charge in [0, 0.05) is 6.42 Å². The SMILES string of the molecule is Cc1ccc2c(c1)-n1nnc(CO)c1Cc1c(C#N)ncn1-2. The summed E-state index contributed by atoms with van der Waals surface area (Å²) in [5.41, 5.74) is 5.31. The molecule has 0 saturated carbocycles. The van der Waals surface area contributed by atoms with Crippen molar-refractivity contribution < 1.29 is 5.11 Å². The fraction of sp³-hybridized carbons (Fsp3) is 0.200. The molecular weight excluding hydrogens is 280 g/mol. The highest BCUT2D eigenvalue weighted by Gasteiger charge is 2.25. The fourth-order valence-corrected chi connectivity index (χ4v) is 2.84. The Morgan fingerprint density at radius 1 is 1.32 bits per heavy atom. The van der Waals surface area contributed by atoms with E-state index in [1.165, 1.54) is 0 Å². The topological polar surface area (TPSA) is 92.5 Å². The lowest BCUT2D eigenvalue weighted by Crippen LogP contribution is -2.04. The monoisotopic (exact) mass is 292 g/mol. The molecule has 0 amide bonds. The second-order valence-electron chi connectivity index (χ2n) is 5.24. The minimum atomic E-state index is -0.188. The van der Waals surface area contributed by atoms with E-state index in [0.29, 0.717) is 17.8 Å². The van der Waals surface area contributed by atoms with Gasteiger partial charge in [-0.15, -0.1) is 5.10 Å². The smallest absolute Gasteiger partial charge is 0.162 e. The molecule has 1 aliphatic heterocycles. The molecule has 0 aliphatic carbocycles. The quantitative estimate of drug-likeness (QED) is 0.565. The van der Waals surface area contributed by atoms with Gasteiger partial charge in [0.05, 0.1) is 29.4 Å². The number of nitrogens with zero attached hydrogens (tertiary/aromatic N) is 6. The summed E-state index contributed by atoms with van der Waals surface area (Å²) in [6.45, 7) is 1.82. The number of rotatable bonds is 1. The van der Waals surface area contributed by atoms with Crippen LogP contribution in [0.1, 0.15) is 28.3 Å². The number of benzene rings is 1. The fourth-order valence-electron chi connectivity index (χ4n) is 2.84. The summed E-state index contributed by atoms with van der Waals surface area (Å²) >= 11 is 0. The van der Waals surface area contributed by atoms with Crippen molar-refractivity contribution in [3.8, 4) is 17.4 Å². The number of hydrogen-bond acceptors (Lipinski definition) is 5. The molecule has 1 aliphatic rings. The van der Waals surface area contributed by atoms with Gasteiger partial charge in [-0.05, 0) is 24.6 Å². The zero-order valence-corrected chi connectivity index (χ0v) is 11.9. The third-order valence-corrected chi connectivity index (χ3v) is 3.92. The van der Waals surface area contributed by atoms with E-state index < -0.39 is 0 Å². The third kappa shape index (κ3) is 1.61. The molecule has 22 heavy (non-hydrogen) atoms. The van der Waals surface area contributed by atoms with E-state index in [2.05, 4.69) is 21.4 Å². The van der Waals surface area contributed by atoms with E-state index >= 15 is 0 Å². The van der Waals surface area contributed by atoms with Crippen molar-refractivity contribution in [2.24, 2.45) is 0 Å². The van der Waals surface area contributed by atoms with Crippen LogP contribution in [0, 0.1) is 18.3 Å². The van der Waals surface area contributed by atoms with Crippen molar-refractivity contribution in [2.75, 3.05) is 0 Å². The van der Waals surface area contributed by atoms with Crippen molar-refractivity contribution in [1.29, 1.82) is 5.26 Å². The number of aryl methyl sites for hydroxylation is 1. The zero-order chi connectivity index (χ0) is 15.3. The Kier molecular flexibility index (Phi) is 2.61. The Hall–Kier alpha value is -2.98. The number of fused-ring (bicyclic) bond motifs is 5. The summed E-state index contributed by atoms with van der Waals surface area (Å²) < 4.78 is 3.64. The van der Waals surface area contributed by atoms with Crippen LogP contribution in [0.3, 0.4) is 0 Å². The first-order chi connectivity index (χ1) is 10.7. The minimum Gasteiger partial charge on any atom is -0.390 e. The molecule has 0 atom stereocenters. The molecule has 0 unspecified atom stereocenters. The lowest BCUT2D eigenvalue weighted by Gasteiger charge is -2.10. The summed E-state index contributed by atoms with van der Waals surface area (Å²) in [5.74, 6) is 0. The van der Waals surface area contributed by atoms with E-state index in [9.17, 15) is 10.4 Å². The molecule has 0 fully saturated rings. The van der Waals surface area contributed by atoms with Crippen LogP contribution in [-0.4, -0.2) is 29.7 Å². The van der Waals surface area contributed by atoms with Gasteiger partial charge in [-0.25, -0.2) is 9.67 Å². The van der Waals surface area contributed by atoms with Crippen LogP contribution in [-0.2, 0) is 13.0 Å². The first-order valence-electron chi connectivity index (χ1n) is 6.85. The Balaban J connectivity index is 2.11. The average molecular weight is 292 g/mol. The second-order valence-corrected chi connectivity index (χ2v) is 5.24. The summed E-state index contributed by atoms with van der Waals surface area (Å²) in [5, 5.41) is 27.0. The first-order valence-corrected chi connectivity index (χ1v) is 6.85. The number of aliphatic hydroxyl groups is 1. The van der Waals surface area contributed by atoms with Gasteiger partial charge in [0.15, 0.2) is 5.69 Å². The van der Waals surface area contributed by atoms with E-state index in [4.69, 9.17) is 0 Å². The van der Waals surface area contributed by atoms with Crippen LogP contribution >= 0.6 is 0 Å². The molecule has 4 rings (SSSR count). The number of nitriles is 1. The Bertz CT molecular complexity index is 930. The molecule has 2 aromatic heterocycles. The largest absolute Gasteiger partial charge is 0.390 e. The van der Waals surface area contributed by atoms with Crippen molar-refractivity contribution in [3.63, 3.8) is 0 Å². The predicted octanol–water partition coefficient (Wildman–Crippen LogP) is 1.03. The van der Waals surface area contributed by atoms with E-state index in [1.54, 1.807) is 11.0 Å². The van der Waals surface area contributed by atoms with E-state index in [-0.39, 0.29) is 6.61 Å². The van der Waals surface area contributed by atoms with Gasteiger partial charge in [-0.2, -0.15) is 5.26 Å². The molecule has 0 bridgehead atoms. The highest BCUT2D eigenvalue weighted by Crippen LogP contribution is 2.30. The maximum absolute atomic E-state index is 9.50. The molecule has 0 radical (unpaired) electrons. The van der Waals surface area contributed by atoms with Crippen molar-refractivity contribution >= 4 is 0 Å². The van der Waals surface area contributed by atoms with Crippen LogP contribution in [0.2, 0.25) is 0 Å². The van der Waals surface area contributed by atoms with Gasteiger partial charge in [-0.1, -0.05) is 11.3 Å². The van der Waals surface area contributed by atoms with E-state index in [1.807, 2.05) is 29.7 Å². The Morgan fingerprint density at radius 3 is 2.95 bits per heavy atom. The zero-order valence-electron chi connectivity index (χ0n) is 11.9.